The third-order valence-corrected chi connectivity index (χ3v) is 4.28. The minimum atomic E-state index is -0.536. The van der Waals surface area contributed by atoms with Crippen LogP contribution in [0.25, 0.3) is 6.08 Å². The van der Waals surface area contributed by atoms with E-state index >= 15 is 0 Å². The number of nitrogens with one attached hydrogen (secondary N) is 2. The summed E-state index contributed by atoms with van der Waals surface area (Å²) < 4.78 is 11.7. The highest BCUT2D eigenvalue weighted by atomic mass is 79.9. The zero-order valence-corrected chi connectivity index (χ0v) is 15.8. The first-order valence-electron chi connectivity index (χ1n) is 7.90. The smallest absolute Gasteiger partial charge is 0.265 e. The number of anilines is 2. The van der Waals surface area contributed by atoms with Gasteiger partial charge in [-0.15, -0.1) is 0 Å². The van der Waals surface area contributed by atoms with Gasteiger partial charge in [0.05, 0.1) is 12.8 Å². The Morgan fingerprint density at radius 2 is 2.12 bits per heavy atom. The van der Waals surface area contributed by atoms with Gasteiger partial charge in [0.25, 0.3) is 5.91 Å². The van der Waals surface area contributed by atoms with Crippen molar-refractivity contribution in [2.75, 3.05) is 17.7 Å². The van der Waals surface area contributed by atoms with Gasteiger partial charge < -0.3 is 20.1 Å². The molecule has 1 unspecified atom stereocenters. The average molecular weight is 417 g/mol. The number of hydrogen-bond acceptors (Lipinski definition) is 4. The fourth-order valence-corrected chi connectivity index (χ4v) is 2.85. The van der Waals surface area contributed by atoms with Crippen molar-refractivity contribution in [3.63, 3.8) is 0 Å². The third-order valence-electron chi connectivity index (χ3n) is 3.78. The number of benzene rings is 2. The zero-order valence-electron chi connectivity index (χ0n) is 14.2. The highest BCUT2D eigenvalue weighted by Crippen LogP contribution is 2.32. The molecule has 1 aliphatic rings. The number of amides is 2. The molecule has 1 heterocycles. The van der Waals surface area contributed by atoms with Gasteiger partial charge in [0, 0.05) is 21.8 Å². The summed E-state index contributed by atoms with van der Waals surface area (Å²) in [5.74, 6) is 0.718. The average Bonchev–Trinajstić information content (AvgIpc) is 2.61. The second kappa shape index (κ2) is 7.61. The van der Waals surface area contributed by atoms with Crippen molar-refractivity contribution in [1.82, 2.24) is 0 Å². The van der Waals surface area contributed by atoms with Gasteiger partial charge >= 0.3 is 0 Å². The van der Waals surface area contributed by atoms with Crippen LogP contribution in [0, 0.1) is 0 Å². The number of methoxy groups -OCH3 is 1. The topological polar surface area (TPSA) is 76.7 Å². The Kier molecular flexibility index (Phi) is 5.27. The summed E-state index contributed by atoms with van der Waals surface area (Å²) in [6.45, 7) is 1.68. The van der Waals surface area contributed by atoms with E-state index in [4.69, 9.17) is 9.47 Å². The molecule has 1 atom stereocenters. The molecule has 0 spiro atoms. The Morgan fingerprint density at radius 3 is 2.88 bits per heavy atom. The highest BCUT2D eigenvalue weighted by Gasteiger charge is 2.23. The number of fused-ring (bicyclic) bond motifs is 1. The number of hydrogen-bond donors (Lipinski definition) is 2. The Morgan fingerprint density at radius 1 is 1.31 bits per heavy atom. The molecule has 1 aliphatic heterocycles. The van der Waals surface area contributed by atoms with E-state index < -0.39 is 6.10 Å². The maximum atomic E-state index is 12.2. The molecular weight excluding hydrogens is 400 g/mol. The summed E-state index contributed by atoms with van der Waals surface area (Å²) >= 11 is 3.39. The van der Waals surface area contributed by atoms with Crippen molar-refractivity contribution in [2.24, 2.45) is 0 Å². The van der Waals surface area contributed by atoms with Gasteiger partial charge in [0.1, 0.15) is 11.5 Å². The van der Waals surface area contributed by atoms with E-state index in [1.807, 2.05) is 18.2 Å². The van der Waals surface area contributed by atoms with Crippen LogP contribution in [-0.2, 0) is 9.59 Å². The summed E-state index contributed by atoms with van der Waals surface area (Å²) in [7, 11) is 1.57. The van der Waals surface area contributed by atoms with Gasteiger partial charge in [-0.1, -0.05) is 15.9 Å². The molecule has 0 saturated carbocycles. The molecule has 2 aromatic rings. The minimum Gasteiger partial charge on any atom is -0.496 e. The molecule has 3 rings (SSSR count). The lowest BCUT2D eigenvalue weighted by molar-refractivity contribution is -0.122. The molecule has 0 aromatic heterocycles. The zero-order chi connectivity index (χ0) is 18.7. The Bertz CT molecular complexity index is 895. The molecule has 26 heavy (non-hydrogen) atoms. The van der Waals surface area contributed by atoms with Crippen LogP contribution in [-0.4, -0.2) is 25.0 Å². The fraction of sp³-hybridized carbons (Fsp3) is 0.158. The first-order chi connectivity index (χ1) is 12.5. The predicted octanol–water partition coefficient (Wildman–Crippen LogP) is 3.83. The molecular formula is C19H17BrN2O4. The van der Waals surface area contributed by atoms with Gasteiger partial charge in [0.15, 0.2) is 6.10 Å². The van der Waals surface area contributed by atoms with Gasteiger partial charge in [-0.2, -0.15) is 0 Å². The number of ether oxygens (including phenoxy) is 2. The Labute approximate surface area is 159 Å². The van der Waals surface area contributed by atoms with Crippen molar-refractivity contribution < 1.29 is 19.1 Å². The third kappa shape index (κ3) is 4.05. The quantitative estimate of drug-likeness (QED) is 0.742. The molecule has 2 aromatic carbocycles. The van der Waals surface area contributed by atoms with E-state index in [1.165, 1.54) is 6.08 Å². The molecule has 0 bridgehead atoms. The second-order valence-corrected chi connectivity index (χ2v) is 6.58. The van der Waals surface area contributed by atoms with E-state index in [2.05, 4.69) is 26.6 Å². The molecule has 2 amide bonds. The fourth-order valence-electron chi connectivity index (χ4n) is 2.47. The van der Waals surface area contributed by atoms with Crippen LogP contribution in [0.1, 0.15) is 12.5 Å². The summed E-state index contributed by atoms with van der Waals surface area (Å²) in [4.78, 5) is 23.9. The molecule has 0 saturated heterocycles. The van der Waals surface area contributed by atoms with Crippen molar-refractivity contribution in [2.45, 2.75) is 13.0 Å². The Hall–Kier alpha value is -2.80. The van der Waals surface area contributed by atoms with Crippen molar-refractivity contribution in [3.05, 3.63) is 52.5 Å². The van der Waals surface area contributed by atoms with Gasteiger partial charge in [-0.3, -0.25) is 9.59 Å². The lowest BCUT2D eigenvalue weighted by Crippen LogP contribution is -2.34. The number of rotatable bonds is 4. The molecule has 0 radical (unpaired) electrons. The maximum absolute atomic E-state index is 12.2. The highest BCUT2D eigenvalue weighted by molar-refractivity contribution is 9.10. The second-order valence-electron chi connectivity index (χ2n) is 5.67. The first-order valence-corrected chi connectivity index (χ1v) is 8.70. The summed E-state index contributed by atoms with van der Waals surface area (Å²) in [6, 6.07) is 10.6. The number of carbonyl (C=O) groups excluding carboxylic acids is 2. The first kappa shape index (κ1) is 18.0. The summed E-state index contributed by atoms with van der Waals surface area (Å²) in [5, 5.41) is 5.50. The van der Waals surface area contributed by atoms with Gasteiger partial charge in [-0.05, 0) is 49.4 Å². The normalized spacial score (nSPS) is 15.8. The van der Waals surface area contributed by atoms with Crippen LogP contribution in [0.15, 0.2) is 46.9 Å². The number of halogens is 1. The SMILES string of the molecule is COc1ccc(Br)cc1/C=C/C(=O)Nc1ccc2c(c1)NC(=O)C(C)O2. The van der Waals surface area contributed by atoms with Crippen LogP contribution in [0.5, 0.6) is 11.5 Å². The van der Waals surface area contributed by atoms with Crippen molar-refractivity contribution >= 4 is 45.2 Å². The van der Waals surface area contributed by atoms with Crippen LogP contribution in [0.2, 0.25) is 0 Å². The van der Waals surface area contributed by atoms with Crippen LogP contribution < -0.4 is 20.1 Å². The lowest BCUT2D eigenvalue weighted by Gasteiger charge is -2.23. The van der Waals surface area contributed by atoms with E-state index in [0.717, 1.165) is 10.0 Å². The van der Waals surface area contributed by atoms with Crippen LogP contribution in [0.4, 0.5) is 11.4 Å². The molecule has 2 N–H and O–H groups in total. The van der Waals surface area contributed by atoms with E-state index in [0.29, 0.717) is 22.9 Å². The number of carbonyl (C=O) groups is 2. The van der Waals surface area contributed by atoms with Gasteiger partial charge in [0.2, 0.25) is 5.91 Å². The Balaban J connectivity index is 1.72. The van der Waals surface area contributed by atoms with Crippen molar-refractivity contribution in [1.29, 1.82) is 0 Å². The van der Waals surface area contributed by atoms with Crippen LogP contribution >= 0.6 is 15.9 Å². The van der Waals surface area contributed by atoms with E-state index in [9.17, 15) is 9.59 Å². The monoisotopic (exact) mass is 416 g/mol. The minimum absolute atomic E-state index is 0.220. The van der Waals surface area contributed by atoms with Crippen LogP contribution in [0.3, 0.4) is 0 Å². The summed E-state index contributed by atoms with van der Waals surface area (Å²) in [6.07, 6.45) is 2.55. The van der Waals surface area contributed by atoms with Crippen molar-refractivity contribution in [3.8, 4) is 11.5 Å². The largest absolute Gasteiger partial charge is 0.496 e. The maximum Gasteiger partial charge on any atom is 0.265 e. The van der Waals surface area contributed by atoms with E-state index in [1.54, 1.807) is 38.3 Å². The standard InChI is InChI=1S/C19H17BrN2O4/c1-11-19(24)22-15-10-14(5-7-17(15)26-11)21-18(23)8-3-12-9-13(20)4-6-16(12)25-2/h3-11H,1-2H3,(H,21,23)(H,22,24)/b8-3+. The predicted molar refractivity (Wildman–Crippen MR) is 104 cm³/mol. The molecule has 0 aliphatic carbocycles. The molecule has 134 valence electrons. The molecule has 6 nitrogen and oxygen atoms in total. The molecule has 7 heteroatoms. The van der Waals surface area contributed by atoms with Gasteiger partial charge in [-0.25, -0.2) is 0 Å². The summed E-state index contributed by atoms with van der Waals surface area (Å²) in [5.41, 5.74) is 1.86. The molecule has 0 fully saturated rings. The van der Waals surface area contributed by atoms with E-state index in [-0.39, 0.29) is 11.8 Å². The lowest BCUT2D eigenvalue weighted by atomic mass is 10.2.